The van der Waals surface area contributed by atoms with Crippen molar-refractivity contribution in [3.8, 4) is 11.5 Å². The zero-order chi connectivity index (χ0) is 12.3. The van der Waals surface area contributed by atoms with Gasteiger partial charge in [-0.15, -0.1) is 11.8 Å². The minimum absolute atomic E-state index is 0.122. The Morgan fingerprint density at radius 3 is 2.65 bits per heavy atom. The number of methoxy groups -OCH3 is 2. The van der Waals surface area contributed by atoms with Crippen LogP contribution in [0.4, 0.5) is 0 Å². The van der Waals surface area contributed by atoms with Gasteiger partial charge in [-0.3, -0.25) is 4.79 Å². The van der Waals surface area contributed by atoms with Crippen molar-refractivity contribution in [2.24, 2.45) is 0 Å². The van der Waals surface area contributed by atoms with Crippen molar-refractivity contribution in [2.45, 2.75) is 16.6 Å². The monoisotopic (exact) mass is 254 g/mol. The number of rotatable bonds is 4. The second-order valence-electron chi connectivity index (χ2n) is 3.64. The van der Waals surface area contributed by atoms with E-state index < -0.39 is 0 Å². The molecule has 92 valence electrons. The van der Waals surface area contributed by atoms with E-state index in [4.69, 9.17) is 14.2 Å². The summed E-state index contributed by atoms with van der Waals surface area (Å²) in [4.78, 5) is 12.0. The lowest BCUT2D eigenvalue weighted by atomic mass is 10.3. The number of cyclic esters (lactones) is 1. The number of ether oxygens (including phenoxy) is 3. The molecule has 4 nitrogen and oxygen atoms in total. The highest BCUT2D eigenvalue weighted by Crippen LogP contribution is 2.35. The van der Waals surface area contributed by atoms with Crippen molar-refractivity contribution in [1.29, 1.82) is 0 Å². The molecule has 1 atom stereocenters. The molecule has 0 amide bonds. The Hall–Kier alpha value is -1.36. The summed E-state index contributed by atoms with van der Waals surface area (Å²) >= 11 is 1.62. The molecule has 1 aromatic carbocycles. The predicted octanol–water partition coefficient (Wildman–Crippen LogP) is 2.11. The number of hydrogen-bond acceptors (Lipinski definition) is 5. The summed E-state index contributed by atoms with van der Waals surface area (Å²) in [5.74, 6) is 1.28. The average Bonchev–Trinajstić information content (AvgIpc) is 2.74. The number of carbonyl (C=O) groups is 1. The Morgan fingerprint density at radius 1 is 1.29 bits per heavy atom. The van der Waals surface area contributed by atoms with Gasteiger partial charge in [0.15, 0.2) is 11.5 Å². The molecule has 0 bridgehead atoms. The smallest absolute Gasteiger partial charge is 0.307 e. The van der Waals surface area contributed by atoms with E-state index in [1.54, 1.807) is 26.0 Å². The van der Waals surface area contributed by atoms with E-state index >= 15 is 0 Å². The van der Waals surface area contributed by atoms with Gasteiger partial charge in [-0.2, -0.15) is 0 Å². The lowest BCUT2D eigenvalue weighted by Crippen LogP contribution is -2.00. The first-order valence-electron chi connectivity index (χ1n) is 5.27. The highest BCUT2D eigenvalue weighted by molar-refractivity contribution is 8.00. The molecule has 0 saturated carbocycles. The van der Waals surface area contributed by atoms with Crippen LogP contribution in [0.15, 0.2) is 23.1 Å². The second-order valence-corrected chi connectivity index (χ2v) is 5.02. The van der Waals surface area contributed by atoms with Gasteiger partial charge in [-0.05, 0) is 18.2 Å². The van der Waals surface area contributed by atoms with Gasteiger partial charge in [0.05, 0.1) is 25.9 Å². The van der Waals surface area contributed by atoms with Gasteiger partial charge in [-0.25, -0.2) is 0 Å². The van der Waals surface area contributed by atoms with Gasteiger partial charge in [-0.1, -0.05) is 0 Å². The largest absolute Gasteiger partial charge is 0.493 e. The number of benzene rings is 1. The molecule has 1 aliphatic heterocycles. The molecule has 1 aromatic rings. The molecular formula is C12H14O4S. The third-order valence-corrected chi connectivity index (χ3v) is 3.64. The van der Waals surface area contributed by atoms with E-state index in [2.05, 4.69) is 0 Å². The molecule has 0 aromatic heterocycles. The van der Waals surface area contributed by atoms with E-state index in [0.29, 0.717) is 24.5 Å². The van der Waals surface area contributed by atoms with Crippen molar-refractivity contribution in [3.05, 3.63) is 18.2 Å². The highest BCUT2D eigenvalue weighted by Gasteiger charge is 2.24. The van der Waals surface area contributed by atoms with Crippen LogP contribution in [0.2, 0.25) is 0 Å². The Labute approximate surface area is 104 Å². The molecule has 1 fully saturated rings. The van der Waals surface area contributed by atoms with Crippen LogP contribution in [-0.2, 0) is 9.53 Å². The zero-order valence-electron chi connectivity index (χ0n) is 9.76. The maximum absolute atomic E-state index is 11.0. The third-order valence-electron chi connectivity index (χ3n) is 2.48. The molecule has 17 heavy (non-hydrogen) atoms. The lowest BCUT2D eigenvalue weighted by molar-refractivity contribution is -0.137. The number of hydrogen-bond donors (Lipinski definition) is 0. The minimum Gasteiger partial charge on any atom is -0.493 e. The predicted molar refractivity (Wildman–Crippen MR) is 64.8 cm³/mol. The summed E-state index contributed by atoms with van der Waals surface area (Å²) in [6.45, 7) is 0.484. The van der Waals surface area contributed by atoms with Crippen LogP contribution >= 0.6 is 11.8 Å². The summed E-state index contributed by atoms with van der Waals surface area (Å²) < 4.78 is 15.3. The molecule has 0 spiro atoms. The van der Waals surface area contributed by atoms with Gasteiger partial charge >= 0.3 is 5.97 Å². The summed E-state index contributed by atoms with van der Waals surface area (Å²) in [5.41, 5.74) is 0. The van der Waals surface area contributed by atoms with Gasteiger partial charge in [0.25, 0.3) is 0 Å². The number of esters is 1. The van der Waals surface area contributed by atoms with Gasteiger partial charge in [0.2, 0.25) is 0 Å². The molecule has 1 saturated heterocycles. The van der Waals surface area contributed by atoms with E-state index in [1.807, 2.05) is 18.2 Å². The van der Waals surface area contributed by atoms with Crippen molar-refractivity contribution >= 4 is 17.7 Å². The van der Waals surface area contributed by atoms with Gasteiger partial charge in [0, 0.05) is 4.90 Å². The summed E-state index contributed by atoms with van der Waals surface area (Å²) in [6, 6.07) is 5.72. The first-order chi connectivity index (χ1) is 8.22. The number of thioether (sulfide) groups is 1. The SMILES string of the molecule is COc1ccc(S[C@@H]2COC(=O)C2)cc1OC. The fraction of sp³-hybridized carbons (Fsp3) is 0.417. The number of carbonyl (C=O) groups excluding carboxylic acids is 1. The van der Waals surface area contributed by atoms with E-state index in [1.165, 1.54) is 0 Å². The standard InChI is InChI=1S/C12H14O4S/c1-14-10-4-3-8(5-11(10)15-2)17-9-6-12(13)16-7-9/h3-5,9H,6-7H2,1-2H3/t9-/m0/s1. The van der Waals surface area contributed by atoms with Crippen LogP contribution in [0.25, 0.3) is 0 Å². The summed E-state index contributed by atoms with van der Waals surface area (Å²) in [7, 11) is 3.21. The van der Waals surface area contributed by atoms with E-state index in [0.717, 1.165) is 4.90 Å². The molecule has 0 unspecified atom stereocenters. The quantitative estimate of drug-likeness (QED) is 0.770. The Bertz CT molecular complexity index is 419. The van der Waals surface area contributed by atoms with Crippen LogP contribution in [0.5, 0.6) is 11.5 Å². The van der Waals surface area contributed by atoms with Crippen LogP contribution in [0.1, 0.15) is 6.42 Å². The topological polar surface area (TPSA) is 44.8 Å². The summed E-state index contributed by atoms with van der Waals surface area (Å²) in [5, 5.41) is 0.195. The Morgan fingerprint density at radius 2 is 2.06 bits per heavy atom. The zero-order valence-corrected chi connectivity index (χ0v) is 10.6. The van der Waals surface area contributed by atoms with Crippen LogP contribution in [0, 0.1) is 0 Å². The molecule has 0 radical (unpaired) electrons. The molecule has 5 heteroatoms. The normalized spacial score (nSPS) is 18.9. The van der Waals surface area contributed by atoms with Gasteiger partial charge in [0.1, 0.15) is 6.61 Å². The average molecular weight is 254 g/mol. The van der Waals surface area contributed by atoms with Crippen LogP contribution < -0.4 is 9.47 Å². The van der Waals surface area contributed by atoms with Crippen LogP contribution in [0.3, 0.4) is 0 Å². The second kappa shape index (κ2) is 5.31. The molecule has 0 aliphatic carbocycles. The van der Waals surface area contributed by atoms with Crippen molar-refractivity contribution in [3.63, 3.8) is 0 Å². The van der Waals surface area contributed by atoms with Gasteiger partial charge < -0.3 is 14.2 Å². The molecule has 1 aliphatic rings. The molecule has 0 N–H and O–H groups in total. The first kappa shape index (κ1) is 12.1. The highest BCUT2D eigenvalue weighted by atomic mass is 32.2. The Balaban J connectivity index is 2.08. The summed E-state index contributed by atoms with van der Waals surface area (Å²) in [6.07, 6.45) is 0.471. The van der Waals surface area contributed by atoms with Crippen molar-refractivity contribution in [1.82, 2.24) is 0 Å². The maximum atomic E-state index is 11.0. The molecule has 2 rings (SSSR count). The van der Waals surface area contributed by atoms with Crippen molar-refractivity contribution in [2.75, 3.05) is 20.8 Å². The molecule has 1 heterocycles. The van der Waals surface area contributed by atoms with E-state index in [-0.39, 0.29) is 11.2 Å². The lowest BCUT2D eigenvalue weighted by Gasteiger charge is -2.10. The van der Waals surface area contributed by atoms with Crippen molar-refractivity contribution < 1.29 is 19.0 Å². The van der Waals surface area contributed by atoms with E-state index in [9.17, 15) is 4.79 Å². The van der Waals surface area contributed by atoms with Crippen LogP contribution in [-0.4, -0.2) is 32.0 Å². The third kappa shape index (κ3) is 2.85. The fourth-order valence-electron chi connectivity index (χ4n) is 1.65. The maximum Gasteiger partial charge on any atom is 0.307 e. The fourth-order valence-corrected chi connectivity index (χ4v) is 2.71. The molecular weight excluding hydrogens is 240 g/mol. The minimum atomic E-state index is -0.122. The Kier molecular flexibility index (Phi) is 3.78. The first-order valence-corrected chi connectivity index (χ1v) is 6.15.